The zero-order valence-corrected chi connectivity index (χ0v) is 6.10. The lowest BCUT2D eigenvalue weighted by Crippen LogP contribution is -2.45. The minimum atomic E-state index is -1.96. The van der Waals surface area contributed by atoms with Gasteiger partial charge in [-0.15, -0.1) is 0 Å². The van der Waals surface area contributed by atoms with E-state index >= 15 is 0 Å². The Morgan fingerprint density at radius 3 is 1.71 bits per heavy atom. The van der Waals surface area contributed by atoms with E-state index in [1.165, 1.54) is 0 Å². The van der Waals surface area contributed by atoms with Crippen molar-refractivity contribution in [2.45, 2.75) is 25.7 Å². The van der Waals surface area contributed by atoms with Gasteiger partial charge >= 0.3 is 0 Å². The third-order valence-corrected chi connectivity index (χ3v) is 3.34. The fraction of sp³-hybridized carbons (Fsp3) is 1.00. The zero-order valence-electron chi connectivity index (χ0n) is 5.10. The summed E-state index contributed by atoms with van der Waals surface area (Å²) < 4.78 is 0. The Hall–Kier alpha value is 0.137. The highest BCUT2D eigenvalue weighted by Gasteiger charge is 2.21. The van der Waals surface area contributed by atoms with Gasteiger partial charge in [0.2, 0.25) is 0 Å². The number of rotatable bonds is 1. The quantitative estimate of drug-likeness (QED) is 0.480. The van der Waals surface area contributed by atoms with Gasteiger partial charge in [-0.05, 0) is 13.1 Å². The Morgan fingerprint density at radius 1 is 1.57 bits per heavy atom. The number of hydrogen-bond acceptors (Lipinski definition) is 2. The molecule has 0 heterocycles. The summed E-state index contributed by atoms with van der Waals surface area (Å²) in [6, 6.07) is 0. The van der Waals surface area contributed by atoms with Crippen LogP contribution in [0.2, 0.25) is 13.1 Å². The van der Waals surface area contributed by atoms with Crippen molar-refractivity contribution < 1.29 is 4.80 Å². The summed E-state index contributed by atoms with van der Waals surface area (Å²) in [5.74, 6) is 0. The minimum absolute atomic E-state index is 0.00694. The topological polar surface area (TPSA) is 46.2 Å². The van der Waals surface area contributed by atoms with Crippen molar-refractivity contribution in [2.75, 3.05) is 0 Å². The highest BCUT2D eigenvalue weighted by atomic mass is 28.4. The van der Waals surface area contributed by atoms with Crippen LogP contribution in [0, 0.1) is 0 Å². The van der Waals surface area contributed by atoms with Gasteiger partial charge in [0.1, 0.15) is 0 Å². The monoisotopic (exact) mass is 119 g/mol. The molecule has 0 aliphatic carbocycles. The average Bonchev–Trinajstić information content (AvgIpc) is 1.31. The van der Waals surface area contributed by atoms with Crippen LogP contribution in [-0.4, -0.2) is 18.8 Å². The van der Waals surface area contributed by atoms with Gasteiger partial charge in [-0.2, -0.15) is 0 Å². The van der Waals surface area contributed by atoms with Crippen LogP contribution in [0.3, 0.4) is 0 Å². The lowest BCUT2D eigenvalue weighted by atomic mass is 10.8. The Morgan fingerprint density at radius 2 is 1.71 bits per heavy atom. The summed E-state index contributed by atoms with van der Waals surface area (Å²) in [5, 5.41) is 0. The normalized spacial score (nSPS) is 16.7. The van der Waals surface area contributed by atoms with E-state index in [4.69, 9.17) is 10.5 Å². The van der Waals surface area contributed by atoms with Crippen LogP contribution in [0.1, 0.15) is 6.92 Å². The van der Waals surface area contributed by atoms with Gasteiger partial charge in [0.15, 0.2) is 8.32 Å². The second-order valence-electron chi connectivity index (χ2n) is 2.44. The molecule has 0 saturated heterocycles. The van der Waals surface area contributed by atoms with Crippen LogP contribution in [0.25, 0.3) is 0 Å². The van der Waals surface area contributed by atoms with Gasteiger partial charge in [-0.1, -0.05) is 6.92 Å². The van der Waals surface area contributed by atoms with Gasteiger partial charge in [-0.25, -0.2) is 0 Å². The molecule has 1 atom stereocenters. The third kappa shape index (κ3) is 2.79. The first-order valence-electron chi connectivity index (χ1n) is 2.42. The summed E-state index contributed by atoms with van der Waals surface area (Å²) >= 11 is 0. The molecule has 0 aliphatic heterocycles. The molecule has 1 unspecified atom stereocenters. The van der Waals surface area contributed by atoms with Crippen LogP contribution >= 0.6 is 0 Å². The number of hydrogen-bond donors (Lipinski definition) is 2. The van der Waals surface area contributed by atoms with Crippen LogP contribution in [0.4, 0.5) is 0 Å². The Kier molecular flexibility index (Phi) is 1.98. The van der Waals surface area contributed by atoms with Gasteiger partial charge in [0, 0.05) is 5.67 Å². The SMILES string of the molecule is CC(N)[Si](C)(C)O. The smallest absolute Gasteiger partial charge is 0.198 e. The molecule has 2 nitrogen and oxygen atoms in total. The standard InChI is InChI=1S/C4H13NOSi/c1-4(5)7(2,3)6/h4,6H,5H2,1-3H3. The Bertz CT molecular complexity index is 57.2. The molecule has 0 aromatic carbocycles. The highest BCUT2D eigenvalue weighted by molar-refractivity contribution is 6.71. The Balaban J connectivity index is 3.54. The number of nitrogens with two attached hydrogens (primary N) is 1. The van der Waals surface area contributed by atoms with Crippen LogP contribution in [-0.2, 0) is 0 Å². The fourth-order valence-electron chi connectivity index (χ4n) is 0. The predicted octanol–water partition coefficient (Wildman–Crippen LogP) is 0.0702. The van der Waals surface area contributed by atoms with Gasteiger partial charge in [0.05, 0.1) is 0 Å². The van der Waals surface area contributed by atoms with E-state index in [1.807, 2.05) is 20.0 Å². The molecule has 0 aromatic rings. The van der Waals surface area contributed by atoms with Crippen molar-refractivity contribution >= 4 is 8.32 Å². The molecule has 0 aliphatic rings. The summed E-state index contributed by atoms with van der Waals surface area (Å²) in [6.45, 7) is 5.50. The first-order valence-corrected chi connectivity index (χ1v) is 5.45. The average molecular weight is 119 g/mol. The van der Waals surface area contributed by atoms with Crippen molar-refractivity contribution in [3.63, 3.8) is 0 Å². The van der Waals surface area contributed by atoms with Crippen molar-refractivity contribution in [3.05, 3.63) is 0 Å². The molecular formula is C4H13NOSi. The maximum absolute atomic E-state index is 9.11. The summed E-state index contributed by atoms with van der Waals surface area (Å²) in [6.07, 6.45) is 0. The lowest BCUT2D eigenvalue weighted by Gasteiger charge is -2.17. The molecule has 7 heavy (non-hydrogen) atoms. The second-order valence-corrected chi connectivity index (χ2v) is 6.66. The fourth-order valence-corrected chi connectivity index (χ4v) is 0. The van der Waals surface area contributed by atoms with E-state index in [1.54, 1.807) is 0 Å². The molecule has 0 bridgehead atoms. The molecule has 44 valence electrons. The molecule has 0 fully saturated rings. The molecule has 3 N–H and O–H groups in total. The van der Waals surface area contributed by atoms with E-state index in [9.17, 15) is 0 Å². The van der Waals surface area contributed by atoms with E-state index < -0.39 is 8.32 Å². The highest BCUT2D eigenvalue weighted by Crippen LogP contribution is 1.97. The van der Waals surface area contributed by atoms with Gasteiger partial charge in [0.25, 0.3) is 0 Å². The third-order valence-electron chi connectivity index (χ3n) is 1.11. The van der Waals surface area contributed by atoms with Gasteiger partial charge in [-0.3, -0.25) is 0 Å². The maximum atomic E-state index is 9.11. The molecule has 0 radical (unpaired) electrons. The van der Waals surface area contributed by atoms with E-state index in [-0.39, 0.29) is 5.67 Å². The van der Waals surface area contributed by atoms with Crippen LogP contribution in [0.15, 0.2) is 0 Å². The van der Waals surface area contributed by atoms with Crippen molar-refractivity contribution in [1.29, 1.82) is 0 Å². The summed E-state index contributed by atoms with van der Waals surface area (Å²) in [4.78, 5) is 9.11. The molecule has 0 aromatic heterocycles. The minimum Gasteiger partial charge on any atom is -0.431 e. The first kappa shape index (κ1) is 7.14. The van der Waals surface area contributed by atoms with Crippen LogP contribution in [0.5, 0.6) is 0 Å². The molecule has 0 saturated carbocycles. The first-order chi connectivity index (χ1) is 2.94. The van der Waals surface area contributed by atoms with E-state index in [0.717, 1.165) is 0 Å². The van der Waals surface area contributed by atoms with Gasteiger partial charge < -0.3 is 10.5 Å². The predicted molar refractivity (Wildman–Crippen MR) is 33.4 cm³/mol. The molecule has 0 amide bonds. The molecule has 0 spiro atoms. The molecule has 3 heteroatoms. The lowest BCUT2D eigenvalue weighted by molar-refractivity contribution is 0.531. The van der Waals surface area contributed by atoms with Crippen molar-refractivity contribution in [3.8, 4) is 0 Å². The van der Waals surface area contributed by atoms with Crippen molar-refractivity contribution in [2.24, 2.45) is 5.73 Å². The summed E-state index contributed by atoms with van der Waals surface area (Å²) in [7, 11) is -1.96. The Labute approximate surface area is 45.5 Å². The van der Waals surface area contributed by atoms with E-state index in [2.05, 4.69) is 0 Å². The molecular weight excluding hydrogens is 106 g/mol. The largest absolute Gasteiger partial charge is 0.431 e. The second kappa shape index (κ2) is 1.94. The zero-order chi connectivity index (χ0) is 6.08. The maximum Gasteiger partial charge on any atom is 0.198 e. The summed E-state index contributed by atoms with van der Waals surface area (Å²) in [5.41, 5.74) is 5.37. The van der Waals surface area contributed by atoms with Crippen LogP contribution < -0.4 is 5.73 Å². The van der Waals surface area contributed by atoms with E-state index in [0.29, 0.717) is 0 Å². The van der Waals surface area contributed by atoms with Crippen molar-refractivity contribution in [1.82, 2.24) is 0 Å². The molecule has 0 rings (SSSR count).